The summed E-state index contributed by atoms with van der Waals surface area (Å²) in [5.74, 6) is -1.00. The lowest BCUT2D eigenvalue weighted by atomic mass is 9.75. The zero-order chi connectivity index (χ0) is 42.2. The van der Waals surface area contributed by atoms with Gasteiger partial charge in [-0.25, -0.2) is 0 Å². The largest absolute Gasteiger partial charge is 0.488 e. The Labute approximate surface area is 348 Å². The molecule has 2 aliphatic rings. The molecule has 0 spiro atoms. The molecule has 7 rings (SSSR count). The summed E-state index contributed by atoms with van der Waals surface area (Å²) >= 11 is 0. The van der Waals surface area contributed by atoms with Crippen LogP contribution in [0.15, 0.2) is 106 Å². The Morgan fingerprint density at radius 1 is 0.797 bits per heavy atom. The van der Waals surface area contributed by atoms with Crippen molar-refractivity contribution in [3.05, 3.63) is 130 Å². The number of Topliss-reactive ketones (excluding diaryl/α,β-unsaturated/α-hetero) is 1. The van der Waals surface area contributed by atoms with Crippen LogP contribution in [-0.4, -0.2) is 51.7 Å². The van der Waals surface area contributed by atoms with E-state index in [2.05, 4.69) is 63.8 Å². The van der Waals surface area contributed by atoms with E-state index in [9.17, 15) is 0 Å². The maximum Gasteiger partial charge on any atom is 0.265 e. The normalized spacial score (nSPS) is 20.3. The molecule has 0 aliphatic heterocycles. The summed E-state index contributed by atoms with van der Waals surface area (Å²) in [6, 6.07) is 27.5. The van der Waals surface area contributed by atoms with Gasteiger partial charge in [-0.2, -0.15) is 0 Å². The van der Waals surface area contributed by atoms with E-state index in [0.29, 0.717) is 34.8 Å². The fourth-order valence-electron chi connectivity index (χ4n) is 6.92. The van der Waals surface area contributed by atoms with E-state index in [1.807, 2.05) is 78.9 Å². The Hall–Kier alpha value is -4.93. The summed E-state index contributed by atoms with van der Waals surface area (Å²) < 4.78 is 44.6. The first-order chi connectivity index (χ1) is 28.0. The molecule has 11 nitrogen and oxygen atoms in total. The molecule has 2 aromatic heterocycles. The number of rotatable bonds is 14. The molecule has 3 atom stereocenters. The third-order valence-corrected chi connectivity index (χ3v) is 17.7. The van der Waals surface area contributed by atoms with Crippen LogP contribution in [0.1, 0.15) is 78.2 Å². The van der Waals surface area contributed by atoms with Crippen molar-refractivity contribution in [3.63, 3.8) is 0 Å². The van der Waals surface area contributed by atoms with E-state index in [4.69, 9.17) is 32.4 Å². The smallest absolute Gasteiger partial charge is 0.265 e. The number of carbonyl (C=O) groups excluding carboxylic acids is 2. The van der Waals surface area contributed by atoms with Gasteiger partial charge >= 0.3 is 0 Å². The second-order valence-corrected chi connectivity index (χ2v) is 28.5. The quantitative estimate of drug-likeness (QED) is 0.0601. The first-order valence-electron chi connectivity index (χ1n) is 20.1. The van der Waals surface area contributed by atoms with Gasteiger partial charge in [-0.1, -0.05) is 118 Å². The van der Waals surface area contributed by atoms with Crippen molar-refractivity contribution in [2.45, 2.75) is 102 Å². The summed E-state index contributed by atoms with van der Waals surface area (Å²) in [5.41, 5.74) is 1.93. The molecular weight excluding hydrogens is 781 g/mol. The molecule has 0 fully saturated rings. The highest BCUT2D eigenvalue weighted by atomic mass is 28.4. The van der Waals surface area contributed by atoms with E-state index < -0.39 is 45.6 Å². The number of ketones is 2. The van der Waals surface area contributed by atoms with E-state index in [1.165, 1.54) is 6.08 Å². The van der Waals surface area contributed by atoms with Crippen LogP contribution in [0.4, 0.5) is 0 Å². The number of fused-ring (bicyclic) bond motifs is 7. The third kappa shape index (κ3) is 8.85. The second-order valence-electron chi connectivity index (χ2n) is 18.1. The summed E-state index contributed by atoms with van der Waals surface area (Å²) in [6.45, 7) is 19.9. The lowest BCUT2D eigenvalue weighted by Crippen LogP contribution is -2.44. The van der Waals surface area contributed by atoms with E-state index >= 15 is 9.59 Å². The van der Waals surface area contributed by atoms with Crippen LogP contribution in [0, 0.1) is 0 Å². The van der Waals surface area contributed by atoms with Crippen molar-refractivity contribution < 1.29 is 42.0 Å². The monoisotopic (exact) mass is 834 g/mol. The van der Waals surface area contributed by atoms with Gasteiger partial charge in [-0.3, -0.25) is 9.59 Å². The molecule has 0 N–H and O–H groups in total. The molecular formula is C46H54N2O9Si2. The molecule has 59 heavy (non-hydrogen) atoms. The molecule has 5 aromatic rings. The maximum atomic E-state index is 15.3. The Morgan fingerprint density at radius 3 is 2.10 bits per heavy atom. The average molecular weight is 835 g/mol. The Morgan fingerprint density at radius 2 is 1.46 bits per heavy atom. The number of nitrogens with zero attached hydrogens (tertiary/aromatic N) is 2. The van der Waals surface area contributed by atoms with Crippen molar-refractivity contribution in [2.24, 2.45) is 0 Å². The Balaban J connectivity index is 1.39. The Bertz CT molecular complexity index is 2320. The minimum atomic E-state index is -2.64. The molecule has 0 unspecified atom stereocenters. The molecule has 3 aromatic carbocycles. The molecule has 310 valence electrons. The van der Waals surface area contributed by atoms with Gasteiger partial charge in [0.2, 0.25) is 0 Å². The van der Waals surface area contributed by atoms with Gasteiger partial charge in [0, 0.05) is 26.3 Å². The number of hydrogen-bond acceptors (Lipinski definition) is 11. The summed E-state index contributed by atoms with van der Waals surface area (Å²) in [7, 11) is -4.05. The molecule has 2 bridgehead atoms. The number of benzene rings is 3. The SMILES string of the molecule is CC(C)(C)[Si](C)(C)O[C@H]1/C2=C/C(=O)[C@](C)(OCOCC[Si](C)(C)C)c3cccc(OCc4ccccc4)c3-c3cc(no3)[C@@H]2C(=O)c2c(OCc3ccccc3)noc21. The van der Waals surface area contributed by atoms with Crippen molar-refractivity contribution in [3.8, 4) is 23.0 Å². The van der Waals surface area contributed by atoms with Gasteiger partial charge in [-0.15, -0.1) is 0 Å². The van der Waals surface area contributed by atoms with E-state index in [1.54, 1.807) is 13.0 Å². The second kappa shape index (κ2) is 16.6. The molecule has 0 amide bonds. The number of carbonyl (C=O) groups is 2. The van der Waals surface area contributed by atoms with Crippen LogP contribution < -0.4 is 9.47 Å². The summed E-state index contributed by atoms with van der Waals surface area (Å²) in [6.07, 6.45) is 0.482. The fraction of sp³-hybridized carbons (Fsp3) is 0.391. The molecule has 0 radical (unpaired) electrons. The van der Waals surface area contributed by atoms with Crippen LogP contribution in [0.2, 0.25) is 43.8 Å². The van der Waals surface area contributed by atoms with Crippen molar-refractivity contribution in [1.82, 2.24) is 10.3 Å². The maximum absolute atomic E-state index is 15.3. The van der Waals surface area contributed by atoms with Gasteiger partial charge in [0.05, 0.1) is 17.2 Å². The van der Waals surface area contributed by atoms with Crippen molar-refractivity contribution >= 4 is 28.0 Å². The minimum Gasteiger partial charge on any atom is -0.488 e. The predicted octanol–water partition coefficient (Wildman–Crippen LogP) is 10.6. The lowest BCUT2D eigenvalue weighted by Gasteiger charge is -2.41. The Kier molecular flexibility index (Phi) is 11.9. The first kappa shape index (κ1) is 42.2. The van der Waals surface area contributed by atoms with E-state index in [-0.39, 0.29) is 47.9 Å². The highest BCUT2D eigenvalue weighted by Crippen LogP contribution is 2.53. The van der Waals surface area contributed by atoms with E-state index in [0.717, 1.165) is 17.2 Å². The number of hydrogen-bond donors (Lipinski definition) is 0. The van der Waals surface area contributed by atoms with Gasteiger partial charge in [0.1, 0.15) is 37.4 Å². The zero-order valence-corrected chi connectivity index (χ0v) is 37.4. The highest BCUT2D eigenvalue weighted by molar-refractivity contribution is 6.76. The number of aromatic nitrogens is 2. The van der Waals surface area contributed by atoms with Crippen molar-refractivity contribution in [2.75, 3.05) is 13.4 Å². The van der Waals surface area contributed by atoms with Crippen LogP contribution in [-0.2, 0) is 37.5 Å². The standard InChI is InChI=1S/C46H54N2O9Si2/c1-45(2,3)59(8,9)57-42-32-25-37(49)46(4,54-29-51-23-24-58(5,6)7)33-21-16-22-35(52-27-30-17-12-10-13-18-30)39(33)36-26-34(47-55-36)38(32)41(50)40-43(42)56-48-44(40)53-28-31-19-14-11-15-20-31/h10-22,25-26,38,42H,23-24,27-29H2,1-9H3/b32-25+/t38-,42+,46-/m1/s1. The topological polar surface area (TPSA) is 132 Å². The minimum absolute atomic E-state index is 0.0365. The van der Waals surface area contributed by atoms with Gasteiger partial charge in [0.25, 0.3) is 5.88 Å². The molecule has 2 heterocycles. The highest BCUT2D eigenvalue weighted by Gasteiger charge is 2.52. The summed E-state index contributed by atoms with van der Waals surface area (Å²) in [5, 5.41) is 8.57. The average Bonchev–Trinajstić information content (AvgIpc) is 3.85. The molecule has 2 aliphatic carbocycles. The van der Waals surface area contributed by atoms with Crippen molar-refractivity contribution in [1.29, 1.82) is 0 Å². The fourth-order valence-corrected chi connectivity index (χ4v) is 8.86. The summed E-state index contributed by atoms with van der Waals surface area (Å²) in [4.78, 5) is 30.3. The third-order valence-electron chi connectivity index (χ3n) is 11.6. The molecule has 0 saturated carbocycles. The molecule has 0 saturated heterocycles. The zero-order valence-electron chi connectivity index (χ0n) is 35.4. The van der Waals surface area contributed by atoms with Gasteiger partial charge in [-0.05, 0) is 65.1 Å². The van der Waals surface area contributed by atoms with Crippen LogP contribution in [0.25, 0.3) is 11.3 Å². The lowest BCUT2D eigenvalue weighted by molar-refractivity contribution is -0.160. The van der Waals surface area contributed by atoms with Crippen LogP contribution in [0.3, 0.4) is 0 Å². The van der Waals surface area contributed by atoms with Crippen LogP contribution >= 0.6 is 0 Å². The number of ether oxygens (including phenoxy) is 4. The first-order valence-corrected chi connectivity index (χ1v) is 26.7. The molecule has 13 heteroatoms. The van der Waals surface area contributed by atoms with Gasteiger partial charge in [0.15, 0.2) is 37.0 Å². The van der Waals surface area contributed by atoms with Crippen LogP contribution in [0.5, 0.6) is 11.6 Å². The van der Waals surface area contributed by atoms with Gasteiger partial charge < -0.3 is 32.4 Å². The predicted molar refractivity (Wildman–Crippen MR) is 229 cm³/mol.